The molecular weight excluding hydrogens is 302 g/mol. The van der Waals surface area contributed by atoms with E-state index in [1.807, 2.05) is 0 Å². The molecule has 1 aliphatic carbocycles. The largest absolute Gasteiger partial charge is 0.493 e. The van der Waals surface area contributed by atoms with Crippen LogP contribution in [0.2, 0.25) is 0 Å². The zero-order valence-electron chi connectivity index (χ0n) is 11.5. The summed E-state index contributed by atoms with van der Waals surface area (Å²) in [5.74, 6) is 2.07. The van der Waals surface area contributed by atoms with Crippen molar-refractivity contribution in [3.05, 3.63) is 27.7 Å². The van der Waals surface area contributed by atoms with Crippen molar-refractivity contribution in [1.82, 2.24) is 5.32 Å². The van der Waals surface area contributed by atoms with E-state index in [-0.39, 0.29) is 0 Å². The first-order valence-corrected chi connectivity index (χ1v) is 8.25. The summed E-state index contributed by atoms with van der Waals surface area (Å²) in [4.78, 5) is 0. The molecule has 0 bridgehead atoms. The average molecular weight is 324 g/mol. The van der Waals surface area contributed by atoms with E-state index in [4.69, 9.17) is 4.74 Å². The third kappa shape index (κ3) is 3.14. The molecule has 0 radical (unpaired) electrons. The summed E-state index contributed by atoms with van der Waals surface area (Å²) < 4.78 is 7.07. The van der Waals surface area contributed by atoms with Gasteiger partial charge in [-0.15, -0.1) is 0 Å². The second-order valence-corrected chi connectivity index (χ2v) is 6.68. The van der Waals surface area contributed by atoms with Crippen LogP contribution in [0.3, 0.4) is 0 Å². The van der Waals surface area contributed by atoms with Crippen LogP contribution >= 0.6 is 15.9 Å². The predicted octanol–water partition coefficient (Wildman–Crippen LogP) is 4.22. The maximum atomic E-state index is 5.89. The Labute approximate surface area is 124 Å². The van der Waals surface area contributed by atoms with Crippen LogP contribution in [0.15, 0.2) is 16.6 Å². The van der Waals surface area contributed by atoms with Crippen molar-refractivity contribution in [1.29, 1.82) is 0 Å². The summed E-state index contributed by atoms with van der Waals surface area (Å²) in [5, 5.41) is 3.71. The number of fused-ring (bicyclic) bond motifs is 1. The lowest BCUT2D eigenvalue weighted by Crippen LogP contribution is -2.23. The Morgan fingerprint density at radius 1 is 1.42 bits per heavy atom. The number of hydrogen-bond donors (Lipinski definition) is 1. The monoisotopic (exact) mass is 323 g/mol. The summed E-state index contributed by atoms with van der Waals surface area (Å²) >= 11 is 3.65. The van der Waals surface area contributed by atoms with Gasteiger partial charge in [0.2, 0.25) is 0 Å². The van der Waals surface area contributed by atoms with E-state index in [0.717, 1.165) is 31.2 Å². The fraction of sp³-hybridized carbons (Fsp3) is 0.625. The fourth-order valence-corrected chi connectivity index (χ4v) is 3.41. The highest BCUT2D eigenvalue weighted by atomic mass is 79.9. The van der Waals surface area contributed by atoms with Crippen LogP contribution < -0.4 is 10.1 Å². The first kappa shape index (κ1) is 13.4. The van der Waals surface area contributed by atoms with Crippen molar-refractivity contribution in [3.8, 4) is 5.75 Å². The molecule has 1 aliphatic heterocycles. The number of benzene rings is 1. The Morgan fingerprint density at radius 3 is 3.00 bits per heavy atom. The third-order valence-electron chi connectivity index (χ3n) is 4.06. The topological polar surface area (TPSA) is 21.3 Å². The van der Waals surface area contributed by atoms with Gasteiger partial charge in [0.05, 0.1) is 6.61 Å². The molecule has 0 spiro atoms. The van der Waals surface area contributed by atoms with Gasteiger partial charge in [-0.1, -0.05) is 35.7 Å². The molecule has 104 valence electrons. The molecule has 19 heavy (non-hydrogen) atoms. The van der Waals surface area contributed by atoms with Gasteiger partial charge in [0.25, 0.3) is 0 Å². The lowest BCUT2D eigenvalue weighted by atomic mass is 9.97. The lowest BCUT2D eigenvalue weighted by molar-refractivity contribution is 0.345. The standard InChI is InChI=1S/C16H22BrNO/c1-2-6-18-15(8-11-3-4-11)14-10-13(17)9-12-5-7-19-16(12)14/h9-11,15,18H,2-8H2,1H3. The van der Waals surface area contributed by atoms with Crippen molar-refractivity contribution in [2.75, 3.05) is 13.2 Å². The molecule has 1 aromatic carbocycles. The Morgan fingerprint density at radius 2 is 2.26 bits per heavy atom. The second-order valence-electron chi connectivity index (χ2n) is 5.77. The molecule has 1 unspecified atom stereocenters. The van der Waals surface area contributed by atoms with E-state index in [0.29, 0.717) is 6.04 Å². The smallest absolute Gasteiger partial charge is 0.127 e. The Hall–Kier alpha value is -0.540. The number of nitrogens with one attached hydrogen (secondary N) is 1. The second kappa shape index (κ2) is 5.84. The minimum Gasteiger partial charge on any atom is -0.493 e. The van der Waals surface area contributed by atoms with Gasteiger partial charge >= 0.3 is 0 Å². The Kier molecular flexibility index (Phi) is 4.13. The molecule has 0 amide bonds. The summed E-state index contributed by atoms with van der Waals surface area (Å²) in [5.41, 5.74) is 2.73. The van der Waals surface area contributed by atoms with E-state index < -0.39 is 0 Å². The van der Waals surface area contributed by atoms with Gasteiger partial charge in [0, 0.05) is 22.5 Å². The summed E-state index contributed by atoms with van der Waals surface area (Å²) in [6.45, 7) is 4.14. The molecule has 3 rings (SSSR count). The van der Waals surface area contributed by atoms with Gasteiger partial charge in [-0.3, -0.25) is 0 Å². The molecule has 1 N–H and O–H groups in total. The highest BCUT2D eigenvalue weighted by molar-refractivity contribution is 9.10. The van der Waals surface area contributed by atoms with Gasteiger partial charge in [-0.25, -0.2) is 0 Å². The molecule has 1 fully saturated rings. The number of halogens is 1. The first-order valence-electron chi connectivity index (χ1n) is 7.46. The van der Waals surface area contributed by atoms with Crippen molar-refractivity contribution < 1.29 is 4.74 Å². The van der Waals surface area contributed by atoms with Crippen molar-refractivity contribution in [3.63, 3.8) is 0 Å². The summed E-state index contributed by atoms with van der Waals surface area (Å²) in [6, 6.07) is 4.91. The third-order valence-corrected chi connectivity index (χ3v) is 4.52. The number of ether oxygens (including phenoxy) is 1. The van der Waals surface area contributed by atoms with E-state index >= 15 is 0 Å². The molecule has 1 saturated carbocycles. The van der Waals surface area contributed by atoms with Gasteiger partial charge in [-0.2, -0.15) is 0 Å². The summed E-state index contributed by atoms with van der Waals surface area (Å²) in [7, 11) is 0. The van der Waals surface area contributed by atoms with E-state index in [2.05, 4.69) is 40.3 Å². The van der Waals surface area contributed by atoms with Crippen LogP contribution in [-0.4, -0.2) is 13.2 Å². The SMILES string of the molecule is CCCNC(CC1CC1)c1cc(Br)cc2c1OCC2. The Bertz CT molecular complexity index is 456. The minimum atomic E-state index is 0.455. The lowest BCUT2D eigenvalue weighted by Gasteiger charge is -2.21. The van der Waals surface area contributed by atoms with Gasteiger partial charge in [0.15, 0.2) is 0 Å². The molecule has 2 nitrogen and oxygen atoms in total. The molecule has 0 aromatic heterocycles. The first-order chi connectivity index (χ1) is 9.28. The maximum Gasteiger partial charge on any atom is 0.127 e. The van der Waals surface area contributed by atoms with Gasteiger partial charge in [0.1, 0.15) is 5.75 Å². The van der Waals surface area contributed by atoms with Gasteiger partial charge in [-0.05, 0) is 43.0 Å². The minimum absolute atomic E-state index is 0.455. The molecule has 1 aromatic rings. The molecule has 3 heteroatoms. The van der Waals surface area contributed by atoms with E-state index in [1.54, 1.807) is 0 Å². The fourth-order valence-electron chi connectivity index (χ4n) is 2.88. The van der Waals surface area contributed by atoms with Crippen LogP contribution in [0.4, 0.5) is 0 Å². The van der Waals surface area contributed by atoms with Gasteiger partial charge < -0.3 is 10.1 Å². The van der Waals surface area contributed by atoms with Crippen LogP contribution in [0, 0.1) is 5.92 Å². The molecule has 0 saturated heterocycles. The zero-order chi connectivity index (χ0) is 13.2. The number of rotatable bonds is 6. The average Bonchev–Trinajstić information content (AvgIpc) is 3.09. The van der Waals surface area contributed by atoms with E-state index in [9.17, 15) is 0 Å². The molecular formula is C16H22BrNO. The van der Waals surface area contributed by atoms with Crippen molar-refractivity contribution >= 4 is 15.9 Å². The Balaban J connectivity index is 1.87. The highest BCUT2D eigenvalue weighted by Crippen LogP contribution is 2.42. The van der Waals surface area contributed by atoms with Crippen LogP contribution in [0.1, 0.15) is 49.8 Å². The van der Waals surface area contributed by atoms with Crippen LogP contribution in [0.25, 0.3) is 0 Å². The normalized spacial score (nSPS) is 19.1. The maximum absolute atomic E-state index is 5.89. The van der Waals surface area contributed by atoms with E-state index in [1.165, 1.54) is 41.3 Å². The molecule has 2 aliphatic rings. The molecule has 1 heterocycles. The van der Waals surface area contributed by atoms with Crippen molar-refractivity contribution in [2.24, 2.45) is 5.92 Å². The predicted molar refractivity (Wildman–Crippen MR) is 81.7 cm³/mol. The van der Waals surface area contributed by atoms with Crippen LogP contribution in [0.5, 0.6) is 5.75 Å². The zero-order valence-corrected chi connectivity index (χ0v) is 13.1. The van der Waals surface area contributed by atoms with Crippen LogP contribution in [-0.2, 0) is 6.42 Å². The quantitative estimate of drug-likeness (QED) is 0.846. The highest BCUT2D eigenvalue weighted by Gasteiger charge is 2.29. The number of hydrogen-bond acceptors (Lipinski definition) is 2. The van der Waals surface area contributed by atoms with Crippen molar-refractivity contribution in [2.45, 2.75) is 45.1 Å². The molecule has 1 atom stereocenters. The summed E-state index contributed by atoms with van der Waals surface area (Å²) in [6.07, 6.45) is 6.29.